The second kappa shape index (κ2) is 6.67. The van der Waals surface area contributed by atoms with E-state index in [-0.39, 0.29) is 11.9 Å². The van der Waals surface area contributed by atoms with E-state index in [9.17, 15) is 4.39 Å². The molecule has 0 fully saturated rings. The normalized spacial score (nSPS) is 18.4. The number of nitrogens with one attached hydrogen (secondary N) is 1. The zero-order valence-electron chi connectivity index (χ0n) is 14.1. The summed E-state index contributed by atoms with van der Waals surface area (Å²) in [6, 6.07) is 12.6. The first-order valence-corrected chi connectivity index (χ1v) is 8.40. The highest BCUT2D eigenvalue weighted by atomic mass is 19.1. The van der Waals surface area contributed by atoms with Crippen molar-refractivity contribution in [2.75, 3.05) is 7.05 Å². The molecule has 2 heteroatoms. The summed E-state index contributed by atoms with van der Waals surface area (Å²) in [5.74, 6) is -0.0448. The first-order valence-electron chi connectivity index (χ1n) is 8.40. The lowest BCUT2D eigenvalue weighted by Crippen LogP contribution is -2.30. The smallest absolute Gasteiger partial charge is 0.117 e. The standard InChI is InChI=1S/C21H24FN/c1-4-7-18-16(12-13-19(22)21(18)23-3)17-11-6-10-15-9-5-8-14(2)20(15)17/h5-6,8-11,13,21,23H,4,7,12H2,1-3H3. The second-order valence-electron chi connectivity index (χ2n) is 6.25. The number of halogens is 1. The van der Waals surface area contributed by atoms with Crippen LogP contribution in [0.25, 0.3) is 16.3 Å². The van der Waals surface area contributed by atoms with E-state index in [0.717, 1.165) is 12.8 Å². The highest BCUT2D eigenvalue weighted by Crippen LogP contribution is 2.38. The molecule has 2 aromatic carbocycles. The lowest BCUT2D eigenvalue weighted by Gasteiger charge is -2.27. The molecule has 2 aromatic rings. The Balaban J connectivity index is 2.25. The average Bonchev–Trinajstić information content (AvgIpc) is 2.55. The van der Waals surface area contributed by atoms with Crippen molar-refractivity contribution in [2.45, 2.75) is 39.2 Å². The van der Waals surface area contributed by atoms with Crippen LogP contribution in [0.5, 0.6) is 0 Å². The van der Waals surface area contributed by atoms with Gasteiger partial charge in [0.1, 0.15) is 5.83 Å². The molecule has 1 unspecified atom stereocenters. The van der Waals surface area contributed by atoms with Crippen LogP contribution in [0.3, 0.4) is 0 Å². The zero-order valence-corrected chi connectivity index (χ0v) is 14.1. The molecule has 0 amide bonds. The fourth-order valence-electron chi connectivity index (χ4n) is 3.73. The van der Waals surface area contributed by atoms with Crippen molar-refractivity contribution in [1.82, 2.24) is 5.32 Å². The molecule has 23 heavy (non-hydrogen) atoms. The first-order chi connectivity index (χ1) is 11.2. The molecule has 1 nitrogen and oxygen atoms in total. The Hall–Kier alpha value is -1.93. The molecular weight excluding hydrogens is 285 g/mol. The Morgan fingerprint density at radius 3 is 2.61 bits per heavy atom. The molecule has 0 radical (unpaired) electrons. The number of hydrogen-bond acceptors (Lipinski definition) is 1. The van der Waals surface area contributed by atoms with Gasteiger partial charge in [0.05, 0.1) is 6.04 Å². The van der Waals surface area contributed by atoms with Gasteiger partial charge in [-0.3, -0.25) is 0 Å². The second-order valence-corrected chi connectivity index (χ2v) is 6.25. The number of aryl methyl sites for hydroxylation is 1. The maximum atomic E-state index is 14.3. The van der Waals surface area contributed by atoms with Crippen LogP contribution in [-0.2, 0) is 0 Å². The number of fused-ring (bicyclic) bond motifs is 1. The van der Waals surface area contributed by atoms with Crippen LogP contribution < -0.4 is 5.32 Å². The van der Waals surface area contributed by atoms with Gasteiger partial charge in [0.25, 0.3) is 0 Å². The van der Waals surface area contributed by atoms with Gasteiger partial charge < -0.3 is 5.32 Å². The molecule has 0 heterocycles. The van der Waals surface area contributed by atoms with E-state index < -0.39 is 0 Å². The topological polar surface area (TPSA) is 12.0 Å². The third kappa shape index (κ3) is 2.84. The first kappa shape index (κ1) is 15.9. The summed E-state index contributed by atoms with van der Waals surface area (Å²) in [5, 5.41) is 5.70. The minimum Gasteiger partial charge on any atom is -0.308 e. The zero-order chi connectivity index (χ0) is 16.4. The molecule has 3 rings (SSSR count). The van der Waals surface area contributed by atoms with Crippen molar-refractivity contribution >= 4 is 16.3 Å². The van der Waals surface area contributed by atoms with Crippen LogP contribution in [0.2, 0.25) is 0 Å². The molecule has 0 spiro atoms. The molecule has 0 bridgehead atoms. The van der Waals surface area contributed by atoms with Gasteiger partial charge in [-0.25, -0.2) is 4.39 Å². The molecule has 120 valence electrons. The van der Waals surface area contributed by atoms with E-state index in [1.54, 1.807) is 6.08 Å². The SMILES string of the molecule is CCCC1=C(c2cccc3cccc(C)c23)CC=C(F)C1NC. The molecule has 1 aliphatic rings. The van der Waals surface area contributed by atoms with E-state index >= 15 is 0 Å². The van der Waals surface area contributed by atoms with E-state index in [0.29, 0.717) is 6.42 Å². The number of hydrogen-bond donors (Lipinski definition) is 1. The molecule has 1 N–H and O–H groups in total. The summed E-state index contributed by atoms with van der Waals surface area (Å²) < 4.78 is 14.3. The summed E-state index contributed by atoms with van der Waals surface area (Å²) >= 11 is 0. The Morgan fingerprint density at radius 2 is 1.91 bits per heavy atom. The maximum absolute atomic E-state index is 14.3. The summed E-state index contributed by atoms with van der Waals surface area (Å²) in [5.41, 5.74) is 5.02. The van der Waals surface area contributed by atoms with Gasteiger partial charge >= 0.3 is 0 Å². The summed E-state index contributed by atoms with van der Waals surface area (Å²) in [4.78, 5) is 0. The van der Waals surface area contributed by atoms with E-state index in [4.69, 9.17) is 0 Å². The molecule has 1 atom stereocenters. The Labute approximate surface area is 137 Å². The van der Waals surface area contributed by atoms with Gasteiger partial charge in [0, 0.05) is 0 Å². The largest absolute Gasteiger partial charge is 0.308 e. The van der Waals surface area contributed by atoms with Crippen LogP contribution >= 0.6 is 0 Å². The number of benzene rings is 2. The number of likely N-dealkylation sites (N-methyl/N-ethyl adjacent to an activating group) is 1. The highest BCUT2D eigenvalue weighted by Gasteiger charge is 2.25. The van der Waals surface area contributed by atoms with Gasteiger partial charge in [-0.2, -0.15) is 0 Å². The Kier molecular flexibility index (Phi) is 4.63. The maximum Gasteiger partial charge on any atom is 0.117 e. The van der Waals surface area contributed by atoms with Gasteiger partial charge in [-0.05, 0) is 65.9 Å². The van der Waals surface area contributed by atoms with Crippen LogP contribution in [0.1, 0.15) is 37.3 Å². The number of allylic oxidation sites excluding steroid dienone is 2. The van der Waals surface area contributed by atoms with Crippen LogP contribution in [-0.4, -0.2) is 13.1 Å². The monoisotopic (exact) mass is 309 g/mol. The Bertz CT molecular complexity index is 780. The van der Waals surface area contributed by atoms with Gasteiger partial charge in [0.15, 0.2) is 0 Å². The lowest BCUT2D eigenvalue weighted by molar-refractivity contribution is 0.510. The van der Waals surface area contributed by atoms with E-state index in [1.165, 1.54) is 33.0 Å². The molecular formula is C21H24FN. The predicted molar refractivity (Wildman–Crippen MR) is 97.2 cm³/mol. The van der Waals surface area contributed by atoms with Crippen LogP contribution in [0.15, 0.2) is 53.9 Å². The van der Waals surface area contributed by atoms with Gasteiger partial charge in [0.2, 0.25) is 0 Å². The third-order valence-electron chi connectivity index (χ3n) is 4.76. The quantitative estimate of drug-likeness (QED) is 0.781. The average molecular weight is 309 g/mol. The van der Waals surface area contributed by atoms with Gasteiger partial charge in [-0.1, -0.05) is 49.7 Å². The minimum absolute atomic E-state index is 0.0448. The van der Waals surface area contributed by atoms with Crippen LogP contribution in [0, 0.1) is 6.92 Å². The van der Waals surface area contributed by atoms with Crippen molar-refractivity contribution < 1.29 is 4.39 Å². The lowest BCUT2D eigenvalue weighted by atomic mass is 9.83. The number of rotatable bonds is 4. The third-order valence-corrected chi connectivity index (χ3v) is 4.76. The van der Waals surface area contributed by atoms with Gasteiger partial charge in [-0.15, -0.1) is 0 Å². The molecule has 0 saturated heterocycles. The van der Waals surface area contributed by atoms with Crippen molar-refractivity contribution in [3.63, 3.8) is 0 Å². The molecule has 0 aromatic heterocycles. The van der Waals surface area contributed by atoms with E-state index in [1.807, 2.05) is 7.05 Å². The summed E-state index contributed by atoms with van der Waals surface area (Å²) in [6.07, 6.45) is 4.35. The van der Waals surface area contributed by atoms with Crippen molar-refractivity contribution in [3.05, 3.63) is 65.0 Å². The molecule has 0 aliphatic heterocycles. The predicted octanol–water partition coefficient (Wildman–Crippen LogP) is 5.55. The fraction of sp³-hybridized carbons (Fsp3) is 0.333. The highest BCUT2D eigenvalue weighted by molar-refractivity contribution is 5.97. The van der Waals surface area contributed by atoms with Crippen molar-refractivity contribution in [2.24, 2.45) is 0 Å². The minimum atomic E-state index is -0.280. The summed E-state index contributed by atoms with van der Waals surface area (Å²) in [6.45, 7) is 4.31. The molecule has 0 saturated carbocycles. The fourth-order valence-corrected chi connectivity index (χ4v) is 3.73. The summed E-state index contributed by atoms with van der Waals surface area (Å²) in [7, 11) is 1.84. The Morgan fingerprint density at radius 1 is 1.17 bits per heavy atom. The molecule has 1 aliphatic carbocycles. The van der Waals surface area contributed by atoms with Crippen molar-refractivity contribution in [1.29, 1.82) is 0 Å². The van der Waals surface area contributed by atoms with Crippen molar-refractivity contribution in [3.8, 4) is 0 Å². The van der Waals surface area contributed by atoms with Crippen LogP contribution in [0.4, 0.5) is 4.39 Å². The van der Waals surface area contributed by atoms with E-state index in [2.05, 4.69) is 55.6 Å².